The molecule has 0 aliphatic carbocycles. The van der Waals surface area contributed by atoms with E-state index in [1.807, 2.05) is 39.6 Å². The van der Waals surface area contributed by atoms with Gasteiger partial charge in [-0.25, -0.2) is 4.98 Å². The van der Waals surface area contributed by atoms with Crippen molar-refractivity contribution < 1.29 is 0 Å². The van der Waals surface area contributed by atoms with Crippen molar-refractivity contribution in [2.75, 3.05) is 0 Å². The van der Waals surface area contributed by atoms with Gasteiger partial charge in [-0.15, -0.1) is 10.2 Å². The fraction of sp³-hybridized carbons (Fsp3) is 0.308. The van der Waals surface area contributed by atoms with Crippen molar-refractivity contribution in [2.24, 2.45) is 5.73 Å². The number of pyridine rings is 1. The SMILES string of the molecule is CCn1c(CN)nnc1SCc1cn2ccccc2n1. The van der Waals surface area contributed by atoms with Crippen LogP contribution in [-0.2, 0) is 18.8 Å². The molecule has 0 amide bonds. The highest BCUT2D eigenvalue weighted by molar-refractivity contribution is 7.98. The molecule has 6 nitrogen and oxygen atoms in total. The van der Waals surface area contributed by atoms with Crippen LogP contribution in [0.25, 0.3) is 5.65 Å². The van der Waals surface area contributed by atoms with Crippen LogP contribution >= 0.6 is 11.8 Å². The number of aromatic nitrogens is 5. The summed E-state index contributed by atoms with van der Waals surface area (Å²) in [7, 11) is 0. The third-order valence-electron chi connectivity index (χ3n) is 3.06. The van der Waals surface area contributed by atoms with Crippen molar-refractivity contribution in [3.8, 4) is 0 Å². The summed E-state index contributed by atoms with van der Waals surface area (Å²) >= 11 is 1.63. The van der Waals surface area contributed by atoms with Gasteiger partial charge in [0.15, 0.2) is 5.16 Å². The number of fused-ring (bicyclic) bond motifs is 1. The average Bonchev–Trinajstić information content (AvgIpc) is 3.07. The van der Waals surface area contributed by atoms with Crippen LogP contribution in [0.2, 0.25) is 0 Å². The minimum Gasteiger partial charge on any atom is -0.324 e. The van der Waals surface area contributed by atoms with E-state index < -0.39 is 0 Å². The summed E-state index contributed by atoms with van der Waals surface area (Å²) in [6, 6.07) is 5.97. The molecule has 3 aromatic rings. The second-order valence-corrected chi connectivity index (χ2v) is 5.28. The van der Waals surface area contributed by atoms with Gasteiger partial charge in [0.05, 0.1) is 12.2 Å². The summed E-state index contributed by atoms with van der Waals surface area (Å²) in [6.45, 7) is 3.31. The van der Waals surface area contributed by atoms with Gasteiger partial charge in [-0.05, 0) is 19.1 Å². The van der Waals surface area contributed by atoms with E-state index in [2.05, 4.69) is 22.1 Å². The van der Waals surface area contributed by atoms with Crippen molar-refractivity contribution in [1.82, 2.24) is 24.1 Å². The van der Waals surface area contributed by atoms with Crippen LogP contribution in [0.3, 0.4) is 0 Å². The van der Waals surface area contributed by atoms with Crippen LogP contribution in [0.15, 0.2) is 35.7 Å². The Balaban J connectivity index is 1.77. The van der Waals surface area contributed by atoms with Crippen LogP contribution in [-0.4, -0.2) is 24.1 Å². The first-order chi connectivity index (χ1) is 9.81. The molecule has 0 spiro atoms. The molecule has 0 fully saturated rings. The molecule has 0 unspecified atom stereocenters. The molecule has 0 saturated heterocycles. The van der Waals surface area contributed by atoms with E-state index in [1.165, 1.54) is 0 Å². The fourth-order valence-corrected chi connectivity index (χ4v) is 2.99. The molecule has 0 aromatic carbocycles. The van der Waals surface area contributed by atoms with Gasteiger partial charge in [0.2, 0.25) is 0 Å². The monoisotopic (exact) mass is 288 g/mol. The highest BCUT2D eigenvalue weighted by Crippen LogP contribution is 2.21. The van der Waals surface area contributed by atoms with Gasteiger partial charge in [0.1, 0.15) is 11.5 Å². The second-order valence-electron chi connectivity index (χ2n) is 4.33. The lowest BCUT2D eigenvalue weighted by atomic mass is 10.5. The summed E-state index contributed by atoms with van der Waals surface area (Å²) < 4.78 is 4.06. The molecular formula is C13H16N6S. The van der Waals surface area contributed by atoms with Gasteiger partial charge in [0.25, 0.3) is 0 Å². The van der Waals surface area contributed by atoms with Crippen LogP contribution in [0.5, 0.6) is 0 Å². The molecule has 104 valence electrons. The first kappa shape index (κ1) is 13.1. The quantitative estimate of drug-likeness (QED) is 0.723. The number of rotatable bonds is 5. The molecule has 20 heavy (non-hydrogen) atoms. The number of nitrogens with zero attached hydrogens (tertiary/aromatic N) is 5. The number of nitrogens with two attached hydrogens (primary N) is 1. The van der Waals surface area contributed by atoms with E-state index in [1.54, 1.807) is 11.8 Å². The molecule has 0 atom stereocenters. The van der Waals surface area contributed by atoms with Crippen LogP contribution in [0.4, 0.5) is 0 Å². The Morgan fingerprint density at radius 3 is 2.95 bits per heavy atom. The zero-order valence-corrected chi connectivity index (χ0v) is 12.0. The number of thioether (sulfide) groups is 1. The summed E-state index contributed by atoms with van der Waals surface area (Å²) in [5.74, 6) is 1.59. The van der Waals surface area contributed by atoms with Crippen molar-refractivity contribution in [3.63, 3.8) is 0 Å². The van der Waals surface area contributed by atoms with Crippen LogP contribution < -0.4 is 5.73 Å². The summed E-state index contributed by atoms with van der Waals surface area (Å²) in [5.41, 5.74) is 7.64. The number of imidazole rings is 1. The third-order valence-corrected chi connectivity index (χ3v) is 4.06. The molecule has 0 saturated carbocycles. The Morgan fingerprint density at radius 1 is 1.30 bits per heavy atom. The standard InChI is InChI=1S/C13H16N6S/c1-2-19-12(7-14)16-17-13(19)20-9-10-8-18-6-4-3-5-11(18)15-10/h3-6,8H,2,7,9,14H2,1H3. The minimum absolute atomic E-state index is 0.412. The Morgan fingerprint density at radius 2 is 2.20 bits per heavy atom. The first-order valence-corrected chi connectivity index (χ1v) is 7.48. The van der Waals surface area contributed by atoms with Crippen LogP contribution in [0, 0.1) is 0 Å². The van der Waals surface area contributed by atoms with Crippen molar-refractivity contribution in [2.45, 2.75) is 30.9 Å². The molecule has 0 aliphatic heterocycles. The largest absolute Gasteiger partial charge is 0.324 e. The molecule has 7 heteroatoms. The van der Waals surface area contributed by atoms with E-state index in [-0.39, 0.29) is 0 Å². The van der Waals surface area contributed by atoms with Gasteiger partial charge in [-0.2, -0.15) is 0 Å². The summed E-state index contributed by atoms with van der Waals surface area (Å²) in [5, 5.41) is 9.18. The second kappa shape index (κ2) is 5.64. The lowest BCUT2D eigenvalue weighted by molar-refractivity contribution is 0.643. The molecule has 3 rings (SSSR count). The van der Waals surface area contributed by atoms with Crippen molar-refractivity contribution in [3.05, 3.63) is 42.1 Å². The fourth-order valence-electron chi connectivity index (χ4n) is 2.09. The summed E-state index contributed by atoms with van der Waals surface area (Å²) in [6.07, 6.45) is 4.04. The van der Waals surface area contributed by atoms with Crippen molar-refractivity contribution >= 4 is 17.4 Å². The number of hydrogen-bond acceptors (Lipinski definition) is 5. The minimum atomic E-state index is 0.412. The molecular weight excluding hydrogens is 272 g/mol. The maximum absolute atomic E-state index is 5.65. The van der Waals surface area contributed by atoms with Gasteiger partial charge in [-0.1, -0.05) is 17.8 Å². The smallest absolute Gasteiger partial charge is 0.191 e. The molecule has 2 N–H and O–H groups in total. The zero-order valence-electron chi connectivity index (χ0n) is 11.2. The Kier molecular flexibility index (Phi) is 3.70. The lowest BCUT2D eigenvalue weighted by Gasteiger charge is -2.04. The molecule has 3 aromatic heterocycles. The molecule has 3 heterocycles. The van der Waals surface area contributed by atoms with E-state index in [9.17, 15) is 0 Å². The van der Waals surface area contributed by atoms with E-state index in [0.29, 0.717) is 6.54 Å². The van der Waals surface area contributed by atoms with Gasteiger partial charge < -0.3 is 14.7 Å². The molecule has 0 bridgehead atoms. The van der Waals surface area contributed by atoms with Gasteiger partial charge >= 0.3 is 0 Å². The molecule has 0 radical (unpaired) electrons. The summed E-state index contributed by atoms with van der Waals surface area (Å²) in [4.78, 5) is 4.57. The average molecular weight is 288 g/mol. The van der Waals surface area contributed by atoms with Gasteiger partial charge in [-0.3, -0.25) is 0 Å². The first-order valence-electron chi connectivity index (χ1n) is 6.49. The molecule has 0 aliphatic rings. The van der Waals surface area contributed by atoms with E-state index >= 15 is 0 Å². The predicted molar refractivity (Wildman–Crippen MR) is 78.3 cm³/mol. The maximum Gasteiger partial charge on any atom is 0.191 e. The van der Waals surface area contributed by atoms with Crippen molar-refractivity contribution in [1.29, 1.82) is 0 Å². The normalized spacial score (nSPS) is 11.3. The Hall–Kier alpha value is -1.86. The Bertz CT molecular complexity index is 684. The topological polar surface area (TPSA) is 74.0 Å². The highest BCUT2D eigenvalue weighted by Gasteiger charge is 2.11. The Labute approximate surface area is 121 Å². The highest BCUT2D eigenvalue weighted by atomic mass is 32.2. The lowest BCUT2D eigenvalue weighted by Crippen LogP contribution is -2.08. The van der Waals surface area contributed by atoms with Crippen LogP contribution in [0.1, 0.15) is 18.4 Å². The third kappa shape index (κ3) is 2.41. The van der Waals surface area contributed by atoms with E-state index in [4.69, 9.17) is 5.73 Å². The van der Waals surface area contributed by atoms with Gasteiger partial charge in [0, 0.05) is 24.7 Å². The number of hydrogen-bond donors (Lipinski definition) is 1. The maximum atomic E-state index is 5.65. The zero-order chi connectivity index (χ0) is 13.9. The van der Waals surface area contributed by atoms with E-state index in [0.717, 1.165) is 34.6 Å². The predicted octanol–water partition coefficient (Wildman–Crippen LogP) is 1.70.